The standard InChI is InChI=1S/C14H21NO2/c1-11-8-15(9-12(2)17-11)10-13-5-4-6-14(7-13)16-3/h4-7,11-12H,8-10H2,1-3H3/t11-,12+. The van der Waals surface area contributed by atoms with Crippen molar-refractivity contribution in [2.45, 2.75) is 32.6 Å². The van der Waals surface area contributed by atoms with E-state index in [2.05, 4.69) is 30.9 Å². The molecule has 17 heavy (non-hydrogen) atoms. The second kappa shape index (κ2) is 5.52. The molecule has 0 aromatic heterocycles. The van der Waals surface area contributed by atoms with Gasteiger partial charge in [0.25, 0.3) is 0 Å². The molecule has 1 aliphatic rings. The summed E-state index contributed by atoms with van der Waals surface area (Å²) < 4.78 is 11.0. The molecule has 1 aliphatic heterocycles. The molecule has 2 atom stereocenters. The smallest absolute Gasteiger partial charge is 0.119 e. The highest BCUT2D eigenvalue weighted by atomic mass is 16.5. The summed E-state index contributed by atoms with van der Waals surface area (Å²) in [5.74, 6) is 0.928. The molecule has 0 saturated carbocycles. The average molecular weight is 235 g/mol. The molecule has 0 radical (unpaired) electrons. The van der Waals surface area contributed by atoms with E-state index >= 15 is 0 Å². The summed E-state index contributed by atoms with van der Waals surface area (Å²) in [6.07, 6.45) is 0.647. The molecule has 3 heteroatoms. The van der Waals surface area contributed by atoms with Crippen LogP contribution in [-0.4, -0.2) is 37.3 Å². The van der Waals surface area contributed by atoms with Crippen molar-refractivity contribution in [3.63, 3.8) is 0 Å². The van der Waals surface area contributed by atoms with Crippen molar-refractivity contribution < 1.29 is 9.47 Å². The molecule has 0 N–H and O–H groups in total. The predicted molar refractivity (Wildman–Crippen MR) is 68.3 cm³/mol. The minimum atomic E-state index is 0.323. The van der Waals surface area contributed by atoms with Gasteiger partial charge in [-0.15, -0.1) is 0 Å². The van der Waals surface area contributed by atoms with Crippen LogP contribution < -0.4 is 4.74 Å². The van der Waals surface area contributed by atoms with Crippen LogP contribution in [0.1, 0.15) is 19.4 Å². The highest BCUT2D eigenvalue weighted by Crippen LogP contribution is 2.17. The number of nitrogens with zero attached hydrogens (tertiary/aromatic N) is 1. The Bertz CT molecular complexity index is 357. The van der Waals surface area contributed by atoms with Crippen molar-refractivity contribution in [3.8, 4) is 5.75 Å². The fourth-order valence-corrected chi connectivity index (χ4v) is 2.44. The summed E-state index contributed by atoms with van der Waals surface area (Å²) in [6.45, 7) is 7.24. The maximum atomic E-state index is 5.73. The molecule has 0 amide bonds. The van der Waals surface area contributed by atoms with Gasteiger partial charge in [0.05, 0.1) is 19.3 Å². The molecule has 0 aliphatic carbocycles. The monoisotopic (exact) mass is 235 g/mol. The molecule has 3 nitrogen and oxygen atoms in total. The van der Waals surface area contributed by atoms with Crippen molar-refractivity contribution in [1.29, 1.82) is 0 Å². The number of hydrogen-bond acceptors (Lipinski definition) is 3. The number of methoxy groups -OCH3 is 1. The normalized spacial score (nSPS) is 25.8. The summed E-state index contributed by atoms with van der Waals surface area (Å²) in [5, 5.41) is 0. The van der Waals surface area contributed by atoms with Gasteiger partial charge >= 0.3 is 0 Å². The van der Waals surface area contributed by atoms with Crippen LogP contribution in [0.25, 0.3) is 0 Å². The molecule has 1 saturated heterocycles. The summed E-state index contributed by atoms with van der Waals surface area (Å²) in [4.78, 5) is 2.44. The van der Waals surface area contributed by atoms with Crippen LogP contribution in [0.2, 0.25) is 0 Å². The molecule has 2 rings (SSSR count). The van der Waals surface area contributed by atoms with E-state index in [-0.39, 0.29) is 0 Å². The quantitative estimate of drug-likeness (QED) is 0.802. The molecular formula is C14H21NO2. The van der Waals surface area contributed by atoms with E-state index in [0.717, 1.165) is 25.4 Å². The summed E-state index contributed by atoms with van der Waals surface area (Å²) in [6, 6.07) is 8.27. The summed E-state index contributed by atoms with van der Waals surface area (Å²) in [5.41, 5.74) is 1.30. The Morgan fingerprint density at radius 3 is 2.65 bits per heavy atom. The Balaban J connectivity index is 1.99. The third-order valence-electron chi connectivity index (χ3n) is 3.04. The lowest BCUT2D eigenvalue weighted by Crippen LogP contribution is -2.44. The first-order chi connectivity index (χ1) is 8.17. The minimum Gasteiger partial charge on any atom is -0.497 e. The van der Waals surface area contributed by atoms with Crippen molar-refractivity contribution >= 4 is 0 Å². The van der Waals surface area contributed by atoms with Gasteiger partial charge in [-0.25, -0.2) is 0 Å². The molecule has 0 bridgehead atoms. The van der Waals surface area contributed by atoms with E-state index in [9.17, 15) is 0 Å². The Morgan fingerprint density at radius 1 is 1.29 bits per heavy atom. The second-order valence-electron chi connectivity index (χ2n) is 4.80. The Morgan fingerprint density at radius 2 is 2.00 bits per heavy atom. The first-order valence-corrected chi connectivity index (χ1v) is 6.18. The highest BCUT2D eigenvalue weighted by Gasteiger charge is 2.21. The van der Waals surface area contributed by atoms with Crippen LogP contribution in [0.15, 0.2) is 24.3 Å². The summed E-state index contributed by atoms with van der Waals surface area (Å²) >= 11 is 0. The van der Waals surface area contributed by atoms with Crippen molar-refractivity contribution in [2.75, 3.05) is 20.2 Å². The second-order valence-corrected chi connectivity index (χ2v) is 4.80. The van der Waals surface area contributed by atoms with E-state index in [0.29, 0.717) is 12.2 Å². The van der Waals surface area contributed by atoms with Gasteiger partial charge < -0.3 is 9.47 Å². The maximum Gasteiger partial charge on any atom is 0.119 e. The molecular weight excluding hydrogens is 214 g/mol. The van der Waals surface area contributed by atoms with Gasteiger partial charge in [-0.3, -0.25) is 4.90 Å². The van der Waals surface area contributed by atoms with Crippen LogP contribution >= 0.6 is 0 Å². The zero-order valence-electron chi connectivity index (χ0n) is 10.8. The molecule has 0 spiro atoms. The molecule has 0 unspecified atom stereocenters. The first kappa shape index (κ1) is 12.4. The number of morpholine rings is 1. The SMILES string of the molecule is COc1cccc(CN2C[C@@H](C)O[C@@H](C)C2)c1. The lowest BCUT2D eigenvalue weighted by atomic mass is 10.1. The maximum absolute atomic E-state index is 5.73. The molecule has 94 valence electrons. The van der Waals surface area contributed by atoms with Gasteiger partial charge in [0, 0.05) is 19.6 Å². The third kappa shape index (κ3) is 3.45. The topological polar surface area (TPSA) is 21.7 Å². The van der Waals surface area contributed by atoms with E-state index in [1.165, 1.54) is 5.56 Å². The van der Waals surface area contributed by atoms with E-state index in [1.54, 1.807) is 7.11 Å². The molecule has 1 aromatic rings. The van der Waals surface area contributed by atoms with Crippen LogP contribution in [0.5, 0.6) is 5.75 Å². The number of benzene rings is 1. The van der Waals surface area contributed by atoms with E-state index in [4.69, 9.17) is 9.47 Å². The van der Waals surface area contributed by atoms with Gasteiger partial charge in [0.15, 0.2) is 0 Å². The van der Waals surface area contributed by atoms with Crippen molar-refractivity contribution in [2.24, 2.45) is 0 Å². The zero-order valence-corrected chi connectivity index (χ0v) is 10.8. The largest absolute Gasteiger partial charge is 0.497 e. The van der Waals surface area contributed by atoms with Crippen molar-refractivity contribution in [1.82, 2.24) is 4.90 Å². The Hall–Kier alpha value is -1.06. The van der Waals surface area contributed by atoms with E-state index < -0.39 is 0 Å². The van der Waals surface area contributed by atoms with Gasteiger partial charge in [-0.2, -0.15) is 0 Å². The zero-order chi connectivity index (χ0) is 12.3. The van der Waals surface area contributed by atoms with Crippen LogP contribution in [0.4, 0.5) is 0 Å². The van der Waals surface area contributed by atoms with Gasteiger partial charge in [0.2, 0.25) is 0 Å². The fourth-order valence-electron chi connectivity index (χ4n) is 2.44. The number of hydrogen-bond donors (Lipinski definition) is 0. The van der Waals surface area contributed by atoms with Gasteiger partial charge in [-0.1, -0.05) is 12.1 Å². The molecule has 1 aromatic carbocycles. The Kier molecular flexibility index (Phi) is 4.02. The molecule has 1 fully saturated rings. The van der Waals surface area contributed by atoms with Crippen molar-refractivity contribution in [3.05, 3.63) is 29.8 Å². The highest BCUT2D eigenvalue weighted by molar-refractivity contribution is 5.28. The number of rotatable bonds is 3. The Labute approximate surface area is 103 Å². The van der Waals surface area contributed by atoms with Crippen LogP contribution in [-0.2, 0) is 11.3 Å². The van der Waals surface area contributed by atoms with Gasteiger partial charge in [-0.05, 0) is 31.5 Å². The summed E-state index contributed by atoms with van der Waals surface area (Å²) in [7, 11) is 1.71. The minimum absolute atomic E-state index is 0.323. The first-order valence-electron chi connectivity index (χ1n) is 6.18. The third-order valence-corrected chi connectivity index (χ3v) is 3.04. The van der Waals surface area contributed by atoms with E-state index in [1.807, 2.05) is 12.1 Å². The lowest BCUT2D eigenvalue weighted by Gasteiger charge is -2.35. The van der Waals surface area contributed by atoms with Crippen LogP contribution in [0.3, 0.4) is 0 Å². The molecule has 1 heterocycles. The van der Waals surface area contributed by atoms with Crippen LogP contribution in [0, 0.1) is 0 Å². The fraction of sp³-hybridized carbons (Fsp3) is 0.571. The average Bonchev–Trinajstić information content (AvgIpc) is 2.28. The number of ether oxygens (including phenoxy) is 2. The van der Waals surface area contributed by atoms with Gasteiger partial charge in [0.1, 0.15) is 5.75 Å². The lowest BCUT2D eigenvalue weighted by molar-refractivity contribution is -0.0704. The predicted octanol–water partition coefficient (Wildman–Crippen LogP) is 2.30.